The molecule has 7 nitrogen and oxygen atoms in total. The quantitative estimate of drug-likeness (QED) is 0.668. The van der Waals surface area contributed by atoms with Crippen LogP contribution >= 0.6 is 11.6 Å². The van der Waals surface area contributed by atoms with Crippen LogP contribution in [0.1, 0.15) is 10.4 Å². The molecule has 9 heteroatoms. The van der Waals surface area contributed by atoms with Gasteiger partial charge in [0.2, 0.25) is 11.8 Å². The second-order valence-corrected chi connectivity index (χ2v) is 4.79. The molecule has 2 heterocycles. The van der Waals surface area contributed by atoms with Gasteiger partial charge in [0.1, 0.15) is 16.9 Å². The van der Waals surface area contributed by atoms with E-state index in [1.54, 1.807) is 0 Å². The molecule has 0 fully saturated rings. The zero-order valence-electron chi connectivity index (χ0n) is 10.7. The van der Waals surface area contributed by atoms with Gasteiger partial charge < -0.3 is 15.3 Å². The summed E-state index contributed by atoms with van der Waals surface area (Å²) in [6, 6.07) is 3.63. The number of aromatic hydroxyl groups is 2. The van der Waals surface area contributed by atoms with Gasteiger partial charge in [-0.3, -0.25) is 0 Å². The van der Waals surface area contributed by atoms with Gasteiger partial charge in [0.05, 0.1) is 6.20 Å². The van der Waals surface area contributed by atoms with Crippen molar-refractivity contribution in [3.63, 3.8) is 0 Å². The summed E-state index contributed by atoms with van der Waals surface area (Å²) in [5.41, 5.74) is -1.04. The summed E-state index contributed by atoms with van der Waals surface area (Å²) in [5.74, 6) is -3.48. The van der Waals surface area contributed by atoms with Crippen molar-refractivity contribution in [2.24, 2.45) is 0 Å². The van der Waals surface area contributed by atoms with Crippen LogP contribution in [0.5, 0.6) is 11.8 Å². The maximum absolute atomic E-state index is 14.0. The van der Waals surface area contributed by atoms with Crippen molar-refractivity contribution < 1.29 is 24.5 Å². The summed E-state index contributed by atoms with van der Waals surface area (Å²) in [5, 5.41) is 32.9. The molecule has 0 saturated carbocycles. The fourth-order valence-corrected chi connectivity index (χ4v) is 2.21. The maximum Gasteiger partial charge on any atom is 0.341 e. The minimum absolute atomic E-state index is 0.140. The highest BCUT2D eigenvalue weighted by molar-refractivity contribution is 6.30. The average molecular weight is 324 g/mol. The molecule has 0 atom stereocenters. The molecule has 0 spiro atoms. The Labute approximate surface area is 126 Å². The molecule has 22 heavy (non-hydrogen) atoms. The highest BCUT2D eigenvalue weighted by Crippen LogP contribution is 2.38. The molecule has 0 amide bonds. The van der Waals surface area contributed by atoms with Crippen molar-refractivity contribution in [3.8, 4) is 22.9 Å². The van der Waals surface area contributed by atoms with Crippen LogP contribution in [0.2, 0.25) is 5.02 Å². The summed E-state index contributed by atoms with van der Waals surface area (Å²) < 4.78 is 14.8. The van der Waals surface area contributed by atoms with E-state index in [0.717, 1.165) is 16.8 Å². The van der Waals surface area contributed by atoms with E-state index in [2.05, 4.69) is 10.1 Å². The molecule has 3 N–H and O–H groups in total. The van der Waals surface area contributed by atoms with Crippen molar-refractivity contribution in [2.75, 3.05) is 0 Å². The Balaban J connectivity index is 2.34. The predicted molar refractivity (Wildman–Crippen MR) is 73.7 cm³/mol. The number of nitrogens with zero attached hydrogens (tertiary/aromatic N) is 3. The zero-order valence-corrected chi connectivity index (χ0v) is 11.4. The number of carbonyl (C=O) groups is 1. The first-order valence-corrected chi connectivity index (χ1v) is 6.26. The summed E-state index contributed by atoms with van der Waals surface area (Å²) in [6.07, 6.45) is 0.964. The summed E-state index contributed by atoms with van der Waals surface area (Å²) in [7, 11) is 0. The van der Waals surface area contributed by atoms with Crippen LogP contribution in [0.15, 0.2) is 24.4 Å². The van der Waals surface area contributed by atoms with E-state index < -0.39 is 23.5 Å². The van der Waals surface area contributed by atoms with Crippen LogP contribution in [0.25, 0.3) is 16.8 Å². The number of aromatic carboxylic acids is 1. The topological polar surface area (TPSA) is 108 Å². The predicted octanol–water partition coefficient (Wildman–Crippen LogP) is 2.30. The van der Waals surface area contributed by atoms with Gasteiger partial charge in [-0.15, -0.1) is 0 Å². The Hall–Kier alpha value is -2.87. The van der Waals surface area contributed by atoms with Crippen LogP contribution in [0.4, 0.5) is 4.39 Å². The molecule has 2 aromatic heterocycles. The molecule has 3 rings (SSSR count). The van der Waals surface area contributed by atoms with Gasteiger partial charge >= 0.3 is 5.97 Å². The van der Waals surface area contributed by atoms with Crippen LogP contribution < -0.4 is 0 Å². The summed E-state index contributed by atoms with van der Waals surface area (Å²) in [4.78, 5) is 14.7. The Morgan fingerprint density at radius 1 is 1.32 bits per heavy atom. The minimum Gasteiger partial charge on any atom is -0.493 e. The second-order valence-electron chi connectivity index (χ2n) is 4.36. The number of aromatic nitrogens is 3. The number of fused-ring (bicyclic) bond motifs is 1. The second kappa shape index (κ2) is 4.85. The van der Waals surface area contributed by atoms with Gasteiger partial charge in [-0.25, -0.2) is 9.18 Å². The summed E-state index contributed by atoms with van der Waals surface area (Å²) >= 11 is 5.65. The highest BCUT2D eigenvalue weighted by atomic mass is 35.5. The standard InChI is InChI=1S/C13H7ClFN3O4/c14-5-1-2-6(8(15)3-5)9-11(19)17-10-7(13(21)22)4-16-18(10)12(9)20/h1-4,20H,(H,17,19)(H,21,22). The smallest absolute Gasteiger partial charge is 0.341 e. The molecule has 0 radical (unpaired) electrons. The molecule has 0 aliphatic heterocycles. The fraction of sp³-hybridized carbons (Fsp3) is 0. The first-order chi connectivity index (χ1) is 10.4. The van der Waals surface area contributed by atoms with Crippen LogP contribution in [-0.4, -0.2) is 35.9 Å². The Morgan fingerprint density at radius 3 is 2.68 bits per heavy atom. The lowest BCUT2D eigenvalue weighted by atomic mass is 10.1. The lowest BCUT2D eigenvalue weighted by Crippen LogP contribution is -2.00. The van der Waals surface area contributed by atoms with E-state index in [0.29, 0.717) is 0 Å². The van der Waals surface area contributed by atoms with Crippen molar-refractivity contribution in [1.29, 1.82) is 0 Å². The molecule has 0 bridgehead atoms. The number of halogens is 2. The number of benzene rings is 1. The number of rotatable bonds is 2. The lowest BCUT2D eigenvalue weighted by molar-refractivity contribution is 0.0699. The third-order valence-electron chi connectivity index (χ3n) is 3.03. The molecular weight excluding hydrogens is 317 g/mol. The van der Waals surface area contributed by atoms with Crippen molar-refractivity contribution in [1.82, 2.24) is 14.6 Å². The van der Waals surface area contributed by atoms with Crippen molar-refractivity contribution >= 4 is 23.2 Å². The van der Waals surface area contributed by atoms with Crippen LogP contribution in [-0.2, 0) is 0 Å². The molecule has 3 aromatic rings. The third-order valence-corrected chi connectivity index (χ3v) is 3.27. The Morgan fingerprint density at radius 2 is 2.05 bits per heavy atom. The number of carboxylic acids is 1. The fourth-order valence-electron chi connectivity index (χ4n) is 2.05. The first kappa shape index (κ1) is 14.1. The molecule has 0 aliphatic rings. The largest absolute Gasteiger partial charge is 0.493 e. The minimum atomic E-state index is -1.33. The highest BCUT2D eigenvalue weighted by Gasteiger charge is 2.23. The molecular formula is C13H7ClFN3O4. The molecule has 112 valence electrons. The number of hydrogen-bond donors (Lipinski definition) is 3. The molecule has 0 aliphatic carbocycles. The van der Waals surface area contributed by atoms with Gasteiger partial charge in [0.15, 0.2) is 5.65 Å². The molecule has 0 saturated heterocycles. The third kappa shape index (κ3) is 2.01. The van der Waals surface area contributed by atoms with E-state index in [9.17, 15) is 19.4 Å². The molecule has 0 unspecified atom stereocenters. The van der Waals surface area contributed by atoms with E-state index >= 15 is 0 Å². The monoisotopic (exact) mass is 323 g/mol. The van der Waals surface area contributed by atoms with Gasteiger partial charge in [-0.2, -0.15) is 14.6 Å². The van der Waals surface area contributed by atoms with Crippen molar-refractivity contribution in [3.05, 3.63) is 40.8 Å². The zero-order chi connectivity index (χ0) is 16.0. The SMILES string of the molecule is O=C(O)c1cnn2c(O)c(-c3ccc(Cl)cc3F)c(O)nc12. The van der Waals surface area contributed by atoms with Crippen molar-refractivity contribution in [2.45, 2.75) is 0 Å². The van der Waals surface area contributed by atoms with Crippen LogP contribution in [0.3, 0.4) is 0 Å². The first-order valence-electron chi connectivity index (χ1n) is 5.88. The van der Waals surface area contributed by atoms with E-state index in [1.807, 2.05) is 0 Å². The van der Waals surface area contributed by atoms with Gasteiger partial charge in [-0.1, -0.05) is 11.6 Å². The number of carboxylic acid groups (broad SMARTS) is 1. The average Bonchev–Trinajstić information content (AvgIpc) is 2.85. The van der Waals surface area contributed by atoms with Gasteiger partial charge in [-0.05, 0) is 18.2 Å². The van der Waals surface area contributed by atoms with E-state index in [-0.39, 0.29) is 27.4 Å². The lowest BCUT2D eigenvalue weighted by Gasteiger charge is -2.09. The van der Waals surface area contributed by atoms with Crippen LogP contribution in [0, 0.1) is 5.82 Å². The van der Waals surface area contributed by atoms with E-state index in [1.165, 1.54) is 12.1 Å². The van der Waals surface area contributed by atoms with Gasteiger partial charge in [0, 0.05) is 10.6 Å². The normalized spacial score (nSPS) is 11.0. The molecule has 1 aromatic carbocycles. The Kier molecular flexibility index (Phi) is 3.10. The Bertz CT molecular complexity index is 925. The maximum atomic E-state index is 14.0. The van der Waals surface area contributed by atoms with Gasteiger partial charge in [0.25, 0.3) is 0 Å². The van der Waals surface area contributed by atoms with E-state index in [4.69, 9.17) is 16.7 Å². The summed E-state index contributed by atoms with van der Waals surface area (Å²) in [6.45, 7) is 0. The number of hydrogen-bond acceptors (Lipinski definition) is 5.